The van der Waals surface area contributed by atoms with Crippen molar-refractivity contribution in [2.24, 2.45) is 0 Å². The molecule has 0 saturated heterocycles. The molecule has 0 radical (unpaired) electrons. The van der Waals surface area contributed by atoms with Crippen molar-refractivity contribution in [1.82, 2.24) is 15.0 Å². The first kappa shape index (κ1) is 16.1. The fourth-order valence-corrected chi connectivity index (χ4v) is 3.32. The number of rotatable bonds is 2. The molecule has 0 aliphatic heterocycles. The largest absolute Gasteiger partial charge is 0.353 e. The second kappa shape index (κ2) is 6.14. The zero-order valence-electron chi connectivity index (χ0n) is 13.1. The van der Waals surface area contributed by atoms with Crippen LogP contribution in [0.2, 0.25) is 10.2 Å². The Morgan fingerprint density at radius 3 is 2.68 bits per heavy atom. The fourth-order valence-electron chi connectivity index (χ4n) is 2.84. The Morgan fingerprint density at radius 1 is 1.08 bits per heavy atom. The summed E-state index contributed by atoms with van der Waals surface area (Å²) in [5.41, 5.74) is 5.12. The highest BCUT2D eigenvalue weighted by Gasteiger charge is 2.14. The smallest absolute Gasteiger partial charge is 0.134 e. The number of aromatic amines is 1. The third kappa shape index (κ3) is 2.88. The van der Waals surface area contributed by atoms with Crippen LogP contribution in [0, 0.1) is 12.7 Å². The minimum atomic E-state index is -0.378. The van der Waals surface area contributed by atoms with Crippen LogP contribution in [-0.2, 0) is 0 Å². The van der Waals surface area contributed by atoms with Gasteiger partial charge in [0.25, 0.3) is 0 Å². The molecule has 0 unspecified atom stereocenters. The van der Waals surface area contributed by atoms with Gasteiger partial charge < -0.3 is 4.98 Å². The van der Waals surface area contributed by atoms with Crippen LogP contribution in [0.4, 0.5) is 4.39 Å². The summed E-state index contributed by atoms with van der Waals surface area (Å²) in [4.78, 5) is 12.0. The van der Waals surface area contributed by atoms with E-state index >= 15 is 0 Å². The molecule has 3 heterocycles. The van der Waals surface area contributed by atoms with Crippen molar-refractivity contribution in [3.63, 3.8) is 0 Å². The number of H-pyrrole nitrogens is 1. The summed E-state index contributed by atoms with van der Waals surface area (Å²) in [6.45, 7) is 1.95. The summed E-state index contributed by atoms with van der Waals surface area (Å²) in [6, 6.07) is 12.0. The quantitative estimate of drug-likeness (QED) is 0.436. The van der Waals surface area contributed by atoms with Crippen molar-refractivity contribution in [2.45, 2.75) is 6.92 Å². The number of benzene rings is 1. The number of nitrogens with one attached hydrogen (secondary N) is 1. The zero-order chi connectivity index (χ0) is 17.6. The number of fused-ring (bicyclic) bond motifs is 1. The molecule has 0 spiro atoms. The lowest BCUT2D eigenvalue weighted by molar-refractivity contribution is 0.631. The Labute approximate surface area is 153 Å². The molecular formula is C19H12Cl2FN3. The van der Waals surface area contributed by atoms with Crippen LogP contribution in [-0.4, -0.2) is 15.0 Å². The molecule has 3 nitrogen and oxygen atoms in total. The first-order valence-corrected chi connectivity index (χ1v) is 8.35. The topological polar surface area (TPSA) is 41.6 Å². The summed E-state index contributed by atoms with van der Waals surface area (Å²) in [5, 5.41) is 0.796. The summed E-state index contributed by atoms with van der Waals surface area (Å²) in [5.74, 6) is -0.378. The van der Waals surface area contributed by atoms with Gasteiger partial charge in [-0.3, -0.25) is 0 Å². The molecular weight excluding hydrogens is 360 g/mol. The van der Waals surface area contributed by atoms with Gasteiger partial charge in [-0.1, -0.05) is 29.3 Å². The lowest BCUT2D eigenvalue weighted by Crippen LogP contribution is -1.89. The number of nitrogens with zero attached hydrogens (tertiary/aromatic N) is 2. The third-order valence-electron chi connectivity index (χ3n) is 4.06. The number of hydrogen-bond donors (Lipinski definition) is 1. The molecule has 6 heteroatoms. The molecule has 0 bridgehead atoms. The van der Waals surface area contributed by atoms with E-state index in [-0.39, 0.29) is 5.82 Å². The van der Waals surface area contributed by atoms with Crippen molar-refractivity contribution >= 4 is 34.2 Å². The van der Waals surface area contributed by atoms with Crippen molar-refractivity contribution < 1.29 is 4.39 Å². The van der Waals surface area contributed by atoms with E-state index in [2.05, 4.69) is 15.0 Å². The number of halogens is 3. The van der Waals surface area contributed by atoms with Crippen molar-refractivity contribution in [2.75, 3.05) is 0 Å². The lowest BCUT2D eigenvalue weighted by atomic mass is 10.1. The molecule has 4 aromatic rings. The van der Waals surface area contributed by atoms with E-state index in [0.717, 1.165) is 27.9 Å². The van der Waals surface area contributed by atoms with Crippen LogP contribution in [0.5, 0.6) is 0 Å². The molecule has 0 fully saturated rings. The third-order valence-corrected chi connectivity index (χ3v) is 4.58. The second-order valence-electron chi connectivity index (χ2n) is 5.73. The Morgan fingerprint density at radius 2 is 1.92 bits per heavy atom. The normalized spacial score (nSPS) is 11.2. The Bertz CT molecular complexity index is 1080. The minimum absolute atomic E-state index is 0.341. The van der Waals surface area contributed by atoms with Gasteiger partial charge in [0.05, 0.1) is 33.0 Å². The first-order valence-electron chi connectivity index (χ1n) is 7.59. The van der Waals surface area contributed by atoms with E-state index in [1.807, 2.05) is 19.1 Å². The molecule has 0 atom stereocenters. The number of aryl methyl sites for hydroxylation is 1. The minimum Gasteiger partial charge on any atom is -0.353 e. The van der Waals surface area contributed by atoms with Crippen LogP contribution in [0.3, 0.4) is 0 Å². The molecule has 0 aliphatic carbocycles. The summed E-state index contributed by atoms with van der Waals surface area (Å²) in [7, 11) is 0. The molecule has 1 aromatic carbocycles. The van der Waals surface area contributed by atoms with E-state index < -0.39 is 0 Å². The summed E-state index contributed by atoms with van der Waals surface area (Å²) < 4.78 is 14.2. The van der Waals surface area contributed by atoms with Gasteiger partial charge in [-0.2, -0.15) is 0 Å². The number of pyridine rings is 2. The maximum atomic E-state index is 14.2. The van der Waals surface area contributed by atoms with Gasteiger partial charge >= 0.3 is 0 Å². The average molecular weight is 372 g/mol. The Kier molecular flexibility index (Phi) is 3.94. The molecule has 1 N–H and O–H groups in total. The van der Waals surface area contributed by atoms with Crippen LogP contribution in [0.25, 0.3) is 33.5 Å². The molecule has 0 amide bonds. The highest BCUT2D eigenvalue weighted by molar-refractivity contribution is 6.33. The maximum Gasteiger partial charge on any atom is 0.134 e. The second-order valence-corrected chi connectivity index (χ2v) is 6.53. The predicted octanol–water partition coefficient (Wildman–Crippen LogP) is 6.05. The van der Waals surface area contributed by atoms with Gasteiger partial charge in [0.2, 0.25) is 0 Å². The summed E-state index contributed by atoms with van der Waals surface area (Å²) in [6.07, 6.45) is 1.70. The fraction of sp³-hybridized carbons (Fsp3) is 0.0526. The standard InChI is InChI=1S/C19H12Cl2FN3/c1-10-7-18(21)23-9-11(10)14-5-6-15-16(24-14)8-17(25-15)19-12(20)3-2-4-13(19)22/h2-9,25H,1H3. The van der Waals surface area contributed by atoms with Crippen molar-refractivity contribution in [1.29, 1.82) is 0 Å². The summed E-state index contributed by atoms with van der Waals surface area (Å²) >= 11 is 12.1. The van der Waals surface area contributed by atoms with Gasteiger partial charge in [-0.25, -0.2) is 14.4 Å². The van der Waals surface area contributed by atoms with Gasteiger partial charge in [0, 0.05) is 11.8 Å². The van der Waals surface area contributed by atoms with E-state index in [1.165, 1.54) is 6.07 Å². The monoisotopic (exact) mass is 371 g/mol. The molecule has 25 heavy (non-hydrogen) atoms. The van der Waals surface area contributed by atoms with E-state index in [1.54, 1.807) is 30.5 Å². The van der Waals surface area contributed by atoms with Gasteiger partial charge in [-0.05, 0) is 48.9 Å². The number of hydrogen-bond acceptors (Lipinski definition) is 2. The van der Waals surface area contributed by atoms with Crippen LogP contribution < -0.4 is 0 Å². The van der Waals surface area contributed by atoms with Gasteiger partial charge in [-0.15, -0.1) is 0 Å². The highest BCUT2D eigenvalue weighted by atomic mass is 35.5. The maximum absolute atomic E-state index is 14.2. The zero-order valence-corrected chi connectivity index (χ0v) is 14.7. The van der Waals surface area contributed by atoms with E-state index in [0.29, 0.717) is 21.4 Å². The molecule has 0 aliphatic rings. The van der Waals surface area contributed by atoms with Gasteiger partial charge in [0.1, 0.15) is 11.0 Å². The van der Waals surface area contributed by atoms with Crippen LogP contribution >= 0.6 is 23.2 Å². The van der Waals surface area contributed by atoms with Crippen LogP contribution in [0.15, 0.2) is 48.7 Å². The van der Waals surface area contributed by atoms with Crippen molar-refractivity contribution in [3.05, 3.63) is 70.2 Å². The Balaban J connectivity index is 1.85. The number of aromatic nitrogens is 3. The van der Waals surface area contributed by atoms with Crippen molar-refractivity contribution in [3.8, 4) is 22.5 Å². The Hall–Kier alpha value is -2.43. The van der Waals surface area contributed by atoms with Crippen LogP contribution in [0.1, 0.15) is 5.56 Å². The lowest BCUT2D eigenvalue weighted by Gasteiger charge is -2.05. The predicted molar refractivity (Wildman–Crippen MR) is 99.5 cm³/mol. The molecule has 4 rings (SSSR count). The highest BCUT2D eigenvalue weighted by Crippen LogP contribution is 2.32. The molecule has 0 saturated carbocycles. The molecule has 3 aromatic heterocycles. The van der Waals surface area contributed by atoms with Gasteiger partial charge in [0.15, 0.2) is 0 Å². The van der Waals surface area contributed by atoms with E-state index in [9.17, 15) is 4.39 Å². The van der Waals surface area contributed by atoms with E-state index in [4.69, 9.17) is 23.2 Å². The average Bonchev–Trinajstić information content (AvgIpc) is 2.97. The first-order chi connectivity index (χ1) is 12.0. The SMILES string of the molecule is Cc1cc(Cl)ncc1-c1ccc2[nH]c(-c3c(F)cccc3Cl)cc2n1. The molecule has 124 valence electrons.